The van der Waals surface area contributed by atoms with E-state index in [2.05, 4.69) is 44.6 Å². The Bertz CT molecular complexity index is 1530. The minimum atomic E-state index is -0.113. The van der Waals surface area contributed by atoms with E-state index in [-0.39, 0.29) is 5.91 Å². The van der Waals surface area contributed by atoms with Crippen LogP contribution in [0.4, 0.5) is 5.69 Å². The number of benzene rings is 3. The fourth-order valence-corrected chi connectivity index (χ4v) is 4.84. The Morgan fingerprint density at radius 1 is 0.897 bits per heavy atom. The normalized spacial score (nSPS) is 14.3. The lowest BCUT2D eigenvalue weighted by Gasteiger charge is -2.36. The van der Waals surface area contributed by atoms with Gasteiger partial charge in [0.1, 0.15) is 11.3 Å². The molecule has 3 aromatic carbocycles. The van der Waals surface area contributed by atoms with E-state index in [1.165, 1.54) is 5.69 Å². The SMILES string of the molecule is O=C(CCN1CCN(c2ccccc2)CC1)N/N=C/c1cn(-c2ccccc2)nc1-c1cc2ccccc2o1. The molecule has 6 rings (SSSR count). The van der Waals surface area contributed by atoms with Gasteiger partial charge in [-0.05, 0) is 36.4 Å². The summed E-state index contributed by atoms with van der Waals surface area (Å²) in [6.45, 7) is 4.50. The molecule has 0 saturated carbocycles. The number of rotatable bonds is 8. The molecule has 0 atom stereocenters. The highest BCUT2D eigenvalue weighted by Gasteiger charge is 2.18. The summed E-state index contributed by atoms with van der Waals surface area (Å²) >= 11 is 0. The molecule has 0 bridgehead atoms. The number of hydrazone groups is 1. The predicted molar refractivity (Wildman–Crippen MR) is 154 cm³/mol. The minimum Gasteiger partial charge on any atom is -0.454 e. The van der Waals surface area contributed by atoms with Gasteiger partial charge in [-0.1, -0.05) is 54.6 Å². The van der Waals surface area contributed by atoms with E-state index in [9.17, 15) is 4.79 Å². The highest BCUT2D eigenvalue weighted by Crippen LogP contribution is 2.29. The Hall–Kier alpha value is -4.69. The summed E-state index contributed by atoms with van der Waals surface area (Å²) < 4.78 is 7.87. The lowest BCUT2D eigenvalue weighted by Crippen LogP contribution is -2.47. The number of hydrogen-bond donors (Lipinski definition) is 1. The van der Waals surface area contributed by atoms with Crippen molar-refractivity contribution in [1.29, 1.82) is 0 Å². The summed E-state index contributed by atoms with van der Waals surface area (Å²) in [5.74, 6) is 0.533. The third-order valence-corrected chi connectivity index (χ3v) is 6.96. The highest BCUT2D eigenvalue weighted by molar-refractivity contribution is 5.91. The van der Waals surface area contributed by atoms with Crippen LogP contribution in [0.2, 0.25) is 0 Å². The van der Waals surface area contributed by atoms with Crippen molar-refractivity contribution in [3.8, 4) is 17.1 Å². The topological polar surface area (TPSA) is 78.9 Å². The summed E-state index contributed by atoms with van der Waals surface area (Å²) in [4.78, 5) is 17.3. The Morgan fingerprint density at radius 2 is 1.59 bits per heavy atom. The van der Waals surface area contributed by atoms with Crippen LogP contribution in [0.25, 0.3) is 28.1 Å². The number of aromatic nitrogens is 2. The van der Waals surface area contributed by atoms with Gasteiger partial charge in [-0.25, -0.2) is 10.1 Å². The van der Waals surface area contributed by atoms with Gasteiger partial charge in [0.2, 0.25) is 5.91 Å². The summed E-state index contributed by atoms with van der Waals surface area (Å²) in [5.41, 5.74) is 7.06. The quantitative estimate of drug-likeness (QED) is 0.232. The van der Waals surface area contributed by atoms with E-state index >= 15 is 0 Å². The van der Waals surface area contributed by atoms with Gasteiger partial charge in [-0.2, -0.15) is 10.2 Å². The first-order valence-electron chi connectivity index (χ1n) is 13.2. The molecule has 0 radical (unpaired) electrons. The van der Waals surface area contributed by atoms with Crippen molar-refractivity contribution in [2.45, 2.75) is 6.42 Å². The van der Waals surface area contributed by atoms with Crippen molar-refractivity contribution in [3.63, 3.8) is 0 Å². The van der Waals surface area contributed by atoms with Gasteiger partial charge in [0.25, 0.3) is 0 Å². The molecule has 8 heteroatoms. The zero-order valence-electron chi connectivity index (χ0n) is 21.6. The molecule has 1 aliphatic rings. The van der Waals surface area contributed by atoms with Crippen LogP contribution in [0.5, 0.6) is 0 Å². The van der Waals surface area contributed by atoms with Crippen LogP contribution < -0.4 is 10.3 Å². The maximum absolute atomic E-state index is 12.6. The maximum Gasteiger partial charge on any atom is 0.241 e. The van der Waals surface area contributed by atoms with E-state index in [0.29, 0.717) is 24.4 Å². The first kappa shape index (κ1) is 24.6. The molecule has 1 N–H and O–H groups in total. The molecule has 1 saturated heterocycles. The molecule has 1 amide bonds. The number of carbonyl (C=O) groups excluding carboxylic acids is 1. The molecule has 8 nitrogen and oxygen atoms in total. The molecule has 1 aliphatic heterocycles. The first-order valence-corrected chi connectivity index (χ1v) is 13.2. The van der Waals surface area contributed by atoms with Crippen molar-refractivity contribution in [2.24, 2.45) is 5.10 Å². The van der Waals surface area contributed by atoms with Gasteiger partial charge in [-0.15, -0.1) is 0 Å². The Labute approximate surface area is 227 Å². The lowest BCUT2D eigenvalue weighted by atomic mass is 10.2. The van der Waals surface area contributed by atoms with Gasteiger partial charge in [0.15, 0.2) is 5.76 Å². The molecule has 196 valence electrons. The maximum atomic E-state index is 12.6. The van der Waals surface area contributed by atoms with Gasteiger partial charge in [-0.3, -0.25) is 9.69 Å². The fraction of sp³-hybridized carbons (Fsp3) is 0.194. The van der Waals surface area contributed by atoms with Crippen molar-refractivity contribution in [1.82, 2.24) is 20.1 Å². The van der Waals surface area contributed by atoms with Gasteiger partial charge in [0, 0.05) is 62.0 Å². The van der Waals surface area contributed by atoms with Crippen LogP contribution in [0.15, 0.2) is 107 Å². The average Bonchev–Trinajstić information content (AvgIpc) is 3.62. The smallest absolute Gasteiger partial charge is 0.241 e. The molecule has 2 aromatic heterocycles. The minimum absolute atomic E-state index is 0.113. The lowest BCUT2D eigenvalue weighted by molar-refractivity contribution is -0.121. The van der Waals surface area contributed by atoms with Crippen LogP contribution in [0, 0.1) is 0 Å². The van der Waals surface area contributed by atoms with Crippen molar-refractivity contribution >= 4 is 28.8 Å². The largest absolute Gasteiger partial charge is 0.454 e. The number of amides is 1. The van der Waals surface area contributed by atoms with Crippen LogP contribution in [0.1, 0.15) is 12.0 Å². The van der Waals surface area contributed by atoms with Gasteiger partial charge in [0.05, 0.1) is 11.9 Å². The third kappa shape index (κ3) is 5.76. The molecule has 0 spiro atoms. The zero-order chi connectivity index (χ0) is 26.4. The second-order valence-electron chi connectivity index (χ2n) is 9.57. The summed E-state index contributed by atoms with van der Waals surface area (Å²) in [7, 11) is 0. The number of fused-ring (bicyclic) bond motifs is 1. The van der Waals surface area contributed by atoms with Crippen molar-refractivity contribution in [3.05, 3.63) is 103 Å². The standard InChI is InChI=1S/C31H30N6O2/c38-30(15-16-35-17-19-36(20-18-35)26-10-3-1-4-11-26)33-32-22-25-23-37(27-12-5-2-6-13-27)34-31(25)29-21-24-9-7-8-14-28(24)39-29/h1-14,21-23H,15-20H2,(H,33,38)/b32-22+. The number of hydrogen-bond acceptors (Lipinski definition) is 6. The second-order valence-corrected chi connectivity index (χ2v) is 9.57. The van der Waals surface area contributed by atoms with Crippen LogP contribution >= 0.6 is 0 Å². The third-order valence-electron chi connectivity index (χ3n) is 6.96. The fourth-order valence-electron chi connectivity index (χ4n) is 4.84. The molecule has 0 aliphatic carbocycles. The van der Waals surface area contributed by atoms with Crippen molar-refractivity contribution in [2.75, 3.05) is 37.6 Å². The van der Waals surface area contributed by atoms with Gasteiger partial charge >= 0.3 is 0 Å². The molecule has 5 aromatic rings. The Morgan fingerprint density at radius 3 is 2.33 bits per heavy atom. The van der Waals surface area contributed by atoms with E-state index in [1.807, 2.05) is 72.9 Å². The van der Waals surface area contributed by atoms with Crippen LogP contribution in [-0.2, 0) is 4.79 Å². The number of nitrogens with zero attached hydrogens (tertiary/aromatic N) is 5. The molecule has 1 fully saturated rings. The zero-order valence-corrected chi connectivity index (χ0v) is 21.6. The summed E-state index contributed by atoms with van der Waals surface area (Å²) in [6, 6.07) is 30.2. The van der Waals surface area contributed by atoms with Crippen molar-refractivity contribution < 1.29 is 9.21 Å². The first-order chi connectivity index (χ1) is 19.2. The molecule has 3 heterocycles. The van der Waals surface area contributed by atoms with Crippen LogP contribution in [0.3, 0.4) is 0 Å². The predicted octanol–water partition coefficient (Wildman–Crippen LogP) is 4.95. The Balaban J connectivity index is 1.09. The monoisotopic (exact) mass is 518 g/mol. The van der Waals surface area contributed by atoms with E-state index < -0.39 is 0 Å². The van der Waals surface area contributed by atoms with E-state index in [1.54, 1.807) is 10.9 Å². The average molecular weight is 519 g/mol. The van der Waals surface area contributed by atoms with E-state index in [4.69, 9.17) is 9.52 Å². The molecular formula is C31H30N6O2. The summed E-state index contributed by atoms with van der Waals surface area (Å²) in [6.07, 6.45) is 3.91. The summed E-state index contributed by atoms with van der Waals surface area (Å²) in [5, 5.41) is 10.0. The van der Waals surface area contributed by atoms with Crippen LogP contribution in [-0.4, -0.2) is 59.5 Å². The number of carbonyl (C=O) groups is 1. The molecular weight excluding hydrogens is 488 g/mol. The number of piperazine rings is 1. The number of furan rings is 1. The number of para-hydroxylation sites is 3. The molecule has 39 heavy (non-hydrogen) atoms. The molecule has 0 unspecified atom stereocenters. The highest BCUT2D eigenvalue weighted by atomic mass is 16.3. The second kappa shape index (κ2) is 11.4. The number of nitrogens with one attached hydrogen (secondary N) is 1. The van der Waals surface area contributed by atoms with Gasteiger partial charge < -0.3 is 9.32 Å². The van der Waals surface area contributed by atoms with E-state index in [0.717, 1.165) is 48.4 Å². The number of anilines is 1. The Kier molecular flexibility index (Phi) is 7.18.